The molecular weight excluding hydrogens is 368 g/mol. The summed E-state index contributed by atoms with van der Waals surface area (Å²) in [6, 6.07) is 12.6. The van der Waals surface area contributed by atoms with Gasteiger partial charge in [-0.15, -0.1) is 0 Å². The summed E-state index contributed by atoms with van der Waals surface area (Å²) in [6.45, 7) is 2.70. The monoisotopic (exact) mass is 382 g/mol. The molecule has 0 atom stereocenters. The molecule has 6 heteroatoms. The second-order valence-corrected chi connectivity index (χ2v) is 5.99. The molecule has 0 heterocycles. The van der Waals surface area contributed by atoms with E-state index in [0.29, 0.717) is 23.9 Å². The number of amides is 2. The van der Waals surface area contributed by atoms with Crippen molar-refractivity contribution in [1.29, 1.82) is 0 Å². The van der Waals surface area contributed by atoms with Crippen molar-refractivity contribution >= 4 is 39.2 Å². The van der Waals surface area contributed by atoms with Gasteiger partial charge < -0.3 is 15.4 Å². The van der Waals surface area contributed by atoms with Crippen LogP contribution in [-0.2, 0) is 0 Å². The van der Waals surface area contributed by atoms with Crippen LogP contribution in [0.2, 0.25) is 5.02 Å². The molecule has 0 aromatic heterocycles. The van der Waals surface area contributed by atoms with Crippen molar-refractivity contribution in [2.24, 2.45) is 0 Å². The van der Waals surface area contributed by atoms with Gasteiger partial charge in [0, 0.05) is 15.2 Å². The summed E-state index contributed by atoms with van der Waals surface area (Å²) in [7, 11) is 0. The highest BCUT2D eigenvalue weighted by molar-refractivity contribution is 9.10. The Morgan fingerprint density at radius 3 is 2.68 bits per heavy atom. The van der Waals surface area contributed by atoms with Gasteiger partial charge >= 0.3 is 6.03 Å². The Morgan fingerprint density at radius 1 is 1.23 bits per heavy atom. The third-order valence-electron chi connectivity index (χ3n) is 2.92. The Bertz CT molecular complexity index is 647. The van der Waals surface area contributed by atoms with Crippen LogP contribution in [-0.4, -0.2) is 19.2 Å². The predicted octanol–water partition coefficient (Wildman–Crippen LogP) is 4.61. The van der Waals surface area contributed by atoms with Crippen LogP contribution in [0.5, 0.6) is 5.75 Å². The maximum Gasteiger partial charge on any atom is 0.319 e. The lowest BCUT2D eigenvalue weighted by Crippen LogP contribution is -2.32. The molecule has 116 valence electrons. The topological polar surface area (TPSA) is 50.4 Å². The lowest BCUT2D eigenvalue weighted by atomic mass is 10.2. The maximum atomic E-state index is 11.8. The molecular formula is C16H16BrClN2O2. The molecule has 0 saturated heterocycles. The van der Waals surface area contributed by atoms with E-state index in [1.807, 2.05) is 37.3 Å². The minimum atomic E-state index is -0.287. The van der Waals surface area contributed by atoms with Crippen LogP contribution < -0.4 is 15.4 Å². The van der Waals surface area contributed by atoms with E-state index in [1.165, 1.54) is 0 Å². The van der Waals surface area contributed by atoms with E-state index in [0.717, 1.165) is 15.8 Å². The first-order chi connectivity index (χ1) is 10.5. The average Bonchev–Trinajstić information content (AvgIpc) is 2.49. The molecule has 0 bridgehead atoms. The number of anilines is 1. The number of nitrogens with one attached hydrogen (secondary N) is 2. The van der Waals surface area contributed by atoms with Gasteiger partial charge in [-0.3, -0.25) is 0 Å². The summed E-state index contributed by atoms with van der Waals surface area (Å²) < 4.78 is 6.51. The van der Waals surface area contributed by atoms with Gasteiger partial charge in [0.2, 0.25) is 0 Å². The number of benzene rings is 2. The fraction of sp³-hybridized carbons (Fsp3) is 0.188. The molecule has 0 aliphatic rings. The number of urea groups is 1. The van der Waals surface area contributed by atoms with Crippen molar-refractivity contribution in [3.05, 3.63) is 57.5 Å². The number of rotatable bonds is 5. The zero-order valence-electron chi connectivity index (χ0n) is 12.0. The number of carbonyl (C=O) groups is 1. The van der Waals surface area contributed by atoms with E-state index >= 15 is 0 Å². The second-order valence-electron chi connectivity index (χ2n) is 4.64. The van der Waals surface area contributed by atoms with Crippen LogP contribution in [0.3, 0.4) is 0 Å². The number of ether oxygens (including phenoxy) is 1. The predicted molar refractivity (Wildman–Crippen MR) is 92.8 cm³/mol. The summed E-state index contributed by atoms with van der Waals surface area (Å²) in [6.07, 6.45) is 0. The highest BCUT2D eigenvalue weighted by Crippen LogP contribution is 2.20. The minimum absolute atomic E-state index is 0.287. The molecule has 4 nitrogen and oxygen atoms in total. The SMILES string of the molecule is Cc1ccc(Cl)cc1NC(=O)NCCOc1ccc(Br)cc1. The fourth-order valence-electron chi connectivity index (χ4n) is 1.76. The Balaban J connectivity index is 1.74. The van der Waals surface area contributed by atoms with Crippen LogP contribution in [0.15, 0.2) is 46.9 Å². The highest BCUT2D eigenvalue weighted by atomic mass is 79.9. The molecule has 0 aliphatic carbocycles. The van der Waals surface area contributed by atoms with Crippen LogP contribution in [0.1, 0.15) is 5.56 Å². The molecule has 0 spiro atoms. The number of hydrogen-bond donors (Lipinski definition) is 2. The van der Waals surface area contributed by atoms with Crippen molar-refractivity contribution in [2.45, 2.75) is 6.92 Å². The van der Waals surface area contributed by atoms with Gasteiger partial charge in [-0.05, 0) is 48.9 Å². The van der Waals surface area contributed by atoms with Crippen molar-refractivity contribution < 1.29 is 9.53 Å². The average molecular weight is 384 g/mol. The molecule has 0 fully saturated rings. The quantitative estimate of drug-likeness (QED) is 0.741. The molecule has 0 saturated carbocycles. The summed E-state index contributed by atoms with van der Waals surface area (Å²) in [4.78, 5) is 11.8. The van der Waals surface area contributed by atoms with Crippen LogP contribution in [0.25, 0.3) is 0 Å². The van der Waals surface area contributed by atoms with Gasteiger partial charge in [-0.2, -0.15) is 0 Å². The Kier molecular flexibility index (Phi) is 6.10. The normalized spacial score (nSPS) is 10.1. The van der Waals surface area contributed by atoms with Crippen molar-refractivity contribution in [2.75, 3.05) is 18.5 Å². The van der Waals surface area contributed by atoms with Crippen molar-refractivity contribution in [3.8, 4) is 5.75 Å². The Labute approximate surface area is 142 Å². The third-order valence-corrected chi connectivity index (χ3v) is 3.68. The molecule has 0 unspecified atom stereocenters. The zero-order chi connectivity index (χ0) is 15.9. The van der Waals surface area contributed by atoms with E-state index in [1.54, 1.807) is 12.1 Å². The first-order valence-electron chi connectivity index (χ1n) is 6.74. The molecule has 0 radical (unpaired) electrons. The molecule has 2 aromatic carbocycles. The maximum absolute atomic E-state index is 11.8. The zero-order valence-corrected chi connectivity index (χ0v) is 14.4. The summed E-state index contributed by atoms with van der Waals surface area (Å²) in [5, 5.41) is 6.08. The van der Waals surface area contributed by atoms with Crippen LogP contribution in [0.4, 0.5) is 10.5 Å². The first-order valence-corrected chi connectivity index (χ1v) is 7.91. The van der Waals surface area contributed by atoms with Crippen molar-refractivity contribution in [3.63, 3.8) is 0 Å². The van der Waals surface area contributed by atoms with Gasteiger partial charge in [0.25, 0.3) is 0 Å². The van der Waals surface area contributed by atoms with Crippen LogP contribution >= 0.6 is 27.5 Å². The van der Waals surface area contributed by atoms with Crippen LogP contribution in [0, 0.1) is 6.92 Å². The third kappa shape index (κ3) is 5.24. The standard InChI is InChI=1S/C16H16BrClN2O2/c1-11-2-5-13(18)10-15(11)20-16(21)19-8-9-22-14-6-3-12(17)4-7-14/h2-7,10H,8-9H2,1H3,(H2,19,20,21). The highest BCUT2D eigenvalue weighted by Gasteiger charge is 2.04. The lowest BCUT2D eigenvalue weighted by Gasteiger charge is -2.11. The molecule has 2 aromatic rings. The van der Waals surface area contributed by atoms with Gasteiger partial charge in [-0.25, -0.2) is 4.79 Å². The van der Waals surface area contributed by atoms with Gasteiger partial charge in [0.15, 0.2) is 0 Å². The molecule has 0 aliphatic heterocycles. The first kappa shape index (κ1) is 16.6. The van der Waals surface area contributed by atoms with Gasteiger partial charge in [-0.1, -0.05) is 33.6 Å². The van der Waals surface area contributed by atoms with E-state index in [9.17, 15) is 4.79 Å². The van der Waals surface area contributed by atoms with Gasteiger partial charge in [0.1, 0.15) is 12.4 Å². The van der Waals surface area contributed by atoms with Crippen molar-refractivity contribution in [1.82, 2.24) is 5.32 Å². The fourth-order valence-corrected chi connectivity index (χ4v) is 2.20. The number of halogens is 2. The van der Waals surface area contributed by atoms with E-state index < -0.39 is 0 Å². The minimum Gasteiger partial charge on any atom is -0.492 e. The lowest BCUT2D eigenvalue weighted by molar-refractivity contribution is 0.247. The molecule has 22 heavy (non-hydrogen) atoms. The summed E-state index contributed by atoms with van der Waals surface area (Å²) >= 11 is 9.27. The number of hydrogen-bond acceptors (Lipinski definition) is 2. The van der Waals surface area contributed by atoms with E-state index in [2.05, 4.69) is 26.6 Å². The Hall–Kier alpha value is -1.72. The second kappa shape index (κ2) is 8.06. The Morgan fingerprint density at radius 2 is 1.95 bits per heavy atom. The molecule has 2 amide bonds. The smallest absolute Gasteiger partial charge is 0.319 e. The molecule has 2 rings (SSSR count). The summed E-state index contributed by atoms with van der Waals surface area (Å²) in [5.74, 6) is 0.760. The number of carbonyl (C=O) groups excluding carboxylic acids is 1. The van der Waals surface area contributed by atoms with Gasteiger partial charge in [0.05, 0.1) is 6.54 Å². The van der Waals surface area contributed by atoms with E-state index in [4.69, 9.17) is 16.3 Å². The number of aryl methyl sites for hydroxylation is 1. The van der Waals surface area contributed by atoms with E-state index in [-0.39, 0.29) is 6.03 Å². The molecule has 2 N–H and O–H groups in total. The summed E-state index contributed by atoms with van der Waals surface area (Å²) in [5.41, 5.74) is 1.64. The largest absolute Gasteiger partial charge is 0.492 e.